The van der Waals surface area contributed by atoms with Crippen molar-refractivity contribution >= 4 is 30.0 Å². The van der Waals surface area contributed by atoms with Crippen molar-refractivity contribution < 1.29 is 14.9 Å². The smallest absolute Gasteiger partial charge is 0.168 e. The summed E-state index contributed by atoms with van der Waals surface area (Å²) in [6.07, 6.45) is 6.63. The van der Waals surface area contributed by atoms with Gasteiger partial charge in [-0.05, 0) is 38.9 Å². The van der Waals surface area contributed by atoms with Crippen molar-refractivity contribution in [3.63, 3.8) is 0 Å². The van der Waals surface area contributed by atoms with Crippen LogP contribution in [0.2, 0.25) is 0 Å². The Morgan fingerprint density at radius 2 is 2.17 bits per heavy atom. The molecule has 7 nitrogen and oxygen atoms in total. The summed E-state index contributed by atoms with van der Waals surface area (Å²) in [5.41, 5.74) is 6.06. The Bertz CT molecular complexity index is 798. The average molecular weight is 352 g/mol. The van der Waals surface area contributed by atoms with Crippen LogP contribution in [-0.4, -0.2) is 68.3 Å². The molecule has 3 heterocycles. The molecule has 2 aromatic heterocycles. The van der Waals surface area contributed by atoms with Crippen LogP contribution < -0.4 is 5.73 Å². The molecule has 2 aromatic rings. The number of hydrogen-bond acceptors (Lipinski definition) is 6. The highest BCUT2D eigenvalue weighted by molar-refractivity contribution is 7.72. The number of pyridine rings is 1. The van der Waals surface area contributed by atoms with E-state index >= 15 is 0 Å². The SMILES string of the molecule is C=P(C)(C)CC[C@H]1O[C@@H](n2cnc3c(N)ccnc32)[C@@](C)(O)[C@@H]1O. The van der Waals surface area contributed by atoms with Gasteiger partial charge in [-0.1, -0.05) is 0 Å². The maximum atomic E-state index is 10.8. The molecule has 1 fully saturated rings. The van der Waals surface area contributed by atoms with Crippen LogP contribution in [0.5, 0.6) is 0 Å². The Hall–Kier alpha value is -1.40. The van der Waals surface area contributed by atoms with Gasteiger partial charge in [0.2, 0.25) is 0 Å². The fraction of sp³-hybridized carbons (Fsp3) is 0.562. The number of rotatable bonds is 4. The number of ether oxygens (including phenoxy) is 1. The number of aliphatic hydroxyl groups excluding tert-OH is 1. The lowest BCUT2D eigenvalue weighted by Crippen LogP contribution is -2.43. The van der Waals surface area contributed by atoms with Crippen LogP contribution in [0.4, 0.5) is 5.69 Å². The van der Waals surface area contributed by atoms with Gasteiger partial charge in [0.25, 0.3) is 0 Å². The lowest BCUT2D eigenvalue weighted by molar-refractivity contribution is -0.0939. The van der Waals surface area contributed by atoms with E-state index in [1.807, 2.05) is 0 Å². The zero-order chi connectivity index (χ0) is 17.7. The van der Waals surface area contributed by atoms with Gasteiger partial charge in [-0.2, -0.15) is 0 Å². The summed E-state index contributed by atoms with van der Waals surface area (Å²) in [7, 11) is 0. The molecule has 0 aliphatic carbocycles. The zero-order valence-electron chi connectivity index (χ0n) is 14.3. The first kappa shape index (κ1) is 17.4. The molecule has 0 unspecified atom stereocenters. The largest absolute Gasteiger partial charge is 0.397 e. The maximum Gasteiger partial charge on any atom is 0.168 e. The second kappa shape index (κ2) is 5.85. The molecule has 0 amide bonds. The first-order valence-corrected chi connectivity index (χ1v) is 11.0. The minimum absolute atomic E-state index is 0.454. The third kappa shape index (κ3) is 2.97. The molecular formula is C16H25N4O3P. The summed E-state index contributed by atoms with van der Waals surface area (Å²) >= 11 is 0. The van der Waals surface area contributed by atoms with Gasteiger partial charge in [-0.15, -0.1) is 13.2 Å². The molecule has 0 spiro atoms. The first-order chi connectivity index (χ1) is 11.1. The molecule has 3 rings (SSSR count). The molecule has 0 saturated carbocycles. The number of nitrogen functional groups attached to an aromatic ring is 1. The van der Waals surface area contributed by atoms with Crippen LogP contribution in [0.25, 0.3) is 11.2 Å². The molecule has 4 N–H and O–H groups in total. The molecule has 132 valence electrons. The normalized spacial score (nSPS) is 31.0. The van der Waals surface area contributed by atoms with Gasteiger partial charge in [0, 0.05) is 6.20 Å². The van der Waals surface area contributed by atoms with Crippen molar-refractivity contribution in [2.75, 3.05) is 25.2 Å². The molecule has 0 aromatic carbocycles. The van der Waals surface area contributed by atoms with Gasteiger partial charge in [-0.25, -0.2) is 9.97 Å². The van der Waals surface area contributed by atoms with Gasteiger partial charge in [0.1, 0.15) is 17.2 Å². The molecule has 8 heteroatoms. The molecular weight excluding hydrogens is 327 g/mol. The number of aliphatic hydroxyl groups is 2. The van der Waals surface area contributed by atoms with Gasteiger partial charge in [-0.3, -0.25) is 4.57 Å². The molecule has 1 aliphatic heterocycles. The maximum absolute atomic E-state index is 10.8. The Morgan fingerprint density at radius 1 is 1.46 bits per heavy atom. The third-order valence-corrected chi connectivity index (χ3v) is 5.99. The number of aromatic nitrogens is 3. The van der Waals surface area contributed by atoms with Crippen LogP contribution in [0.1, 0.15) is 19.6 Å². The third-order valence-electron chi connectivity index (χ3n) is 4.52. The van der Waals surface area contributed by atoms with Crippen molar-refractivity contribution in [3.8, 4) is 0 Å². The molecule has 1 aliphatic rings. The topological polar surface area (TPSA) is 106 Å². The monoisotopic (exact) mass is 352 g/mol. The van der Waals surface area contributed by atoms with E-state index in [1.165, 1.54) is 0 Å². The average Bonchev–Trinajstić information content (AvgIpc) is 2.99. The van der Waals surface area contributed by atoms with Crippen molar-refractivity contribution in [2.24, 2.45) is 0 Å². The van der Waals surface area contributed by atoms with E-state index in [0.29, 0.717) is 23.3 Å². The zero-order valence-corrected chi connectivity index (χ0v) is 15.1. The second-order valence-corrected chi connectivity index (χ2v) is 11.7. The van der Waals surface area contributed by atoms with Gasteiger partial charge in [0.15, 0.2) is 11.9 Å². The molecule has 0 radical (unpaired) electrons. The summed E-state index contributed by atoms with van der Waals surface area (Å²) in [6.45, 7) is 4.62. The number of nitrogens with two attached hydrogens (primary N) is 1. The Labute approximate surface area is 141 Å². The minimum atomic E-state index is -1.45. The van der Waals surface area contributed by atoms with Crippen molar-refractivity contribution in [1.29, 1.82) is 0 Å². The predicted molar refractivity (Wildman–Crippen MR) is 97.9 cm³/mol. The van der Waals surface area contributed by atoms with E-state index in [-0.39, 0.29) is 0 Å². The van der Waals surface area contributed by atoms with Gasteiger partial charge >= 0.3 is 0 Å². The van der Waals surface area contributed by atoms with E-state index in [1.54, 1.807) is 30.1 Å². The van der Waals surface area contributed by atoms with Crippen molar-refractivity contribution in [1.82, 2.24) is 14.5 Å². The van der Waals surface area contributed by atoms with Crippen LogP contribution in [0.15, 0.2) is 18.6 Å². The highest BCUT2D eigenvalue weighted by atomic mass is 31.2. The number of hydrogen-bond donors (Lipinski definition) is 3. The quantitative estimate of drug-likeness (QED) is 0.712. The fourth-order valence-corrected chi connectivity index (χ4v) is 4.03. The van der Waals surface area contributed by atoms with Gasteiger partial charge in [0.05, 0.1) is 18.1 Å². The van der Waals surface area contributed by atoms with Crippen molar-refractivity contribution in [2.45, 2.75) is 37.4 Å². The standard InChI is InChI=1S/C16H25N4O3P/c1-16(22)13(21)11(6-8-24(2,3)4)23-15(16)20-9-19-12-10(17)5-7-18-14(12)20/h5,7,9,11,13,15,21-22H,2,6,8H2,1,3-4H3,(H2,17,18)/t11-,13-,15-,16+/m1/s1. The molecule has 0 bridgehead atoms. The van der Waals surface area contributed by atoms with E-state index in [4.69, 9.17) is 10.5 Å². The van der Waals surface area contributed by atoms with Crippen molar-refractivity contribution in [3.05, 3.63) is 18.6 Å². The first-order valence-electron chi connectivity index (χ1n) is 7.91. The predicted octanol–water partition coefficient (Wildman–Crippen LogP) is 1.12. The second-order valence-electron chi connectivity index (χ2n) is 7.37. The number of imidazole rings is 1. The Morgan fingerprint density at radius 3 is 2.83 bits per heavy atom. The highest BCUT2D eigenvalue weighted by Crippen LogP contribution is 2.43. The Kier molecular flexibility index (Phi) is 4.24. The van der Waals surface area contributed by atoms with E-state index in [0.717, 1.165) is 6.16 Å². The minimum Gasteiger partial charge on any atom is -0.397 e. The summed E-state index contributed by atoms with van der Waals surface area (Å²) < 4.78 is 7.65. The van der Waals surface area contributed by atoms with E-state index < -0.39 is 30.9 Å². The summed E-state index contributed by atoms with van der Waals surface area (Å²) in [5, 5.41) is 21.4. The highest BCUT2D eigenvalue weighted by Gasteiger charge is 2.53. The fourth-order valence-electron chi connectivity index (χ4n) is 3.07. The van der Waals surface area contributed by atoms with Crippen LogP contribution in [0.3, 0.4) is 0 Å². The number of fused-ring (bicyclic) bond motifs is 1. The number of nitrogens with zero attached hydrogens (tertiary/aromatic N) is 3. The summed E-state index contributed by atoms with van der Waals surface area (Å²) in [5.74, 6) is 0. The summed E-state index contributed by atoms with van der Waals surface area (Å²) in [4.78, 5) is 8.55. The Balaban J connectivity index is 1.92. The molecule has 24 heavy (non-hydrogen) atoms. The summed E-state index contributed by atoms with van der Waals surface area (Å²) in [6, 6.07) is 1.67. The lowest BCUT2D eigenvalue weighted by atomic mass is 9.95. The van der Waals surface area contributed by atoms with Crippen LogP contribution in [0, 0.1) is 0 Å². The van der Waals surface area contributed by atoms with Gasteiger partial charge < -0.3 is 20.7 Å². The molecule has 4 atom stereocenters. The van der Waals surface area contributed by atoms with E-state index in [9.17, 15) is 10.2 Å². The lowest BCUT2D eigenvalue weighted by Gasteiger charge is -2.27. The van der Waals surface area contributed by atoms with Crippen LogP contribution in [-0.2, 0) is 4.74 Å². The number of anilines is 1. The van der Waals surface area contributed by atoms with E-state index in [2.05, 4.69) is 29.6 Å². The molecule has 1 saturated heterocycles. The van der Waals surface area contributed by atoms with Crippen LogP contribution >= 0.6 is 6.89 Å².